The molecular weight excluding hydrogens is 462 g/mol. The molecule has 2 aromatic carbocycles. The van der Waals surface area contributed by atoms with Crippen LogP contribution in [0.4, 0.5) is 5.69 Å². The fourth-order valence-corrected chi connectivity index (χ4v) is 5.16. The van der Waals surface area contributed by atoms with Crippen molar-refractivity contribution < 1.29 is 8.42 Å². The number of aryl methyl sites for hydroxylation is 1. The molecule has 0 unspecified atom stereocenters. The Morgan fingerprint density at radius 2 is 1.86 bits per heavy atom. The second-order valence-electron chi connectivity index (χ2n) is 6.32. The predicted octanol–water partition coefficient (Wildman–Crippen LogP) is 4.12. The van der Waals surface area contributed by atoms with Crippen molar-refractivity contribution in [3.05, 3.63) is 63.9 Å². The Hall–Kier alpha value is -2.30. The molecule has 2 heterocycles. The minimum Gasteiger partial charge on any atom is -0.276 e. The van der Waals surface area contributed by atoms with Crippen molar-refractivity contribution in [3.63, 3.8) is 0 Å². The van der Waals surface area contributed by atoms with Gasteiger partial charge in [0.25, 0.3) is 10.0 Å². The maximum absolute atomic E-state index is 13.0. The predicted molar refractivity (Wildman–Crippen MR) is 113 cm³/mol. The van der Waals surface area contributed by atoms with Crippen molar-refractivity contribution >= 4 is 54.4 Å². The summed E-state index contributed by atoms with van der Waals surface area (Å²) in [5, 5.41) is 4.51. The summed E-state index contributed by atoms with van der Waals surface area (Å²) < 4.78 is 39.7. The Morgan fingerprint density at radius 3 is 2.61 bits per heavy atom. The molecule has 0 spiro atoms. The maximum Gasteiger partial charge on any atom is 0.264 e. The Labute approximate surface area is 174 Å². The standard InChI is InChI=1S/C18H16BrN5O2S2/c1-11-17(12(2)24(20-11)10-13-6-8-14(19)9-7-13)23-28(25,26)16-5-3-4-15-18(16)22-27-21-15/h3-9,23H,10H2,1-2H3. The van der Waals surface area contributed by atoms with Gasteiger partial charge in [0, 0.05) is 4.47 Å². The third-order valence-corrected chi connectivity index (χ3v) is 6.85. The molecule has 0 amide bonds. The fourth-order valence-electron chi connectivity index (χ4n) is 2.95. The molecule has 0 aliphatic heterocycles. The lowest BCUT2D eigenvalue weighted by Crippen LogP contribution is -2.15. The van der Waals surface area contributed by atoms with Crippen LogP contribution in [0.2, 0.25) is 0 Å². The van der Waals surface area contributed by atoms with E-state index in [0.29, 0.717) is 29.0 Å². The third kappa shape index (κ3) is 3.54. The number of halogens is 1. The van der Waals surface area contributed by atoms with E-state index in [-0.39, 0.29) is 4.90 Å². The molecule has 144 valence electrons. The van der Waals surface area contributed by atoms with Gasteiger partial charge in [-0.3, -0.25) is 9.40 Å². The first kappa shape index (κ1) is 19.0. The van der Waals surface area contributed by atoms with Gasteiger partial charge in [0.1, 0.15) is 15.9 Å². The van der Waals surface area contributed by atoms with Gasteiger partial charge in [-0.15, -0.1) is 0 Å². The number of fused-ring (bicyclic) bond motifs is 1. The van der Waals surface area contributed by atoms with Crippen LogP contribution in [0.25, 0.3) is 11.0 Å². The number of aromatic nitrogens is 4. The molecule has 4 aromatic rings. The highest BCUT2D eigenvalue weighted by molar-refractivity contribution is 9.10. The largest absolute Gasteiger partial charge is 0.276 e. The van der Waals surface area contributed by atoms with E-state index >= 15 is 0 Å². The monoisotopic (exact) mass is 477 g/mol. The zero-order valence-electron chi connectivity index (χ0n) is 15.0. The minimum atomic E-state index is -3.83. The quantitative estimate of drug-likeness (QED) is 0.466. The molecule has 0 bridgehead atoms. The number of nitrogens with zero attached hydrogens (tertiary/aromatic N) is 4. The van der Waals surface area contributed by atoms with Crippen molar-refractivity contribution in [1.29, 1.82) is 0 Å². The Balaban J connectivity index is 1.67. The molecule has 7 nitrogen and oxygen atoms in total. The van der Waals surface area contributed by atoms with Crippen LogP contribution in [0.1, 0.15) is 17.0 Å². The first-order valence-corrected chi connectivity index (χ1v) is 11.4. The van der Waals surface area contributed by atoms with E-state index in [4.69, 9.17) is 0 Å². The lowest BCUT2D eigenvalue weighted by Gasteiger charge is -2.09. The number of hydrogen-bond acceptors (Lipinski definition) is 6. The van der Waals surface area contributed by atoms with Crippen molar-refractivity contribution in [2.24, 2.45) is 0 Å². The minimum absolute atomic E-state index is 0.109. The van der Waals surface area contributed by atoms with Gasteiger partial charge in [-0.05, 0) is 43.7 Å². The van der Waals surface area contributed by atoms with E-state index < -0.39 is 10.0 Å². The molecule has 0 aliphatic rings. The summed E-state index contributed by atoms with van der Waals surface area (Å²) in [6, 6.07) is 12.9. The molecule has 10 heteroatoms. The summed E-state index contributed by atoms with van der Waals surface area (Å²) >= 11 is 4.41. The van der Waals surface area contributed by atoms with Crippen LogP contribution in [0, 0.1) is 13.8 Å². The highest BCUT2D eigenvalue weighted by Crippen LogP contribution is 2.27. The summed E-state index contributed by atoms with van der Waals surface area (Å²) in [7, 11) is -3.83. The van der Waals surface area contributed by atoms with Crippen LogP contribution < -0.4 is 4.72 Å². The first-order chi connectivity index (χ1) is 13.3. The van der Waals surface area contributed by atoms with Crippen LogP contribution in [0.5, 0.6) is 0 Å². The van der Waals surface area contributed by atoms with Gasteiger partial charge in [-0.1, -0.05) is 34.1 Å². The van der Waals surface area contributed by atoms with E-state index in [0.717, 1.165) is 27.5 Å². The Morgan fingerprint density at radius 1 is 1.11 bits per heavy atom. The molecule has 0 radical (unpaired) electrons. The Kier molecular flexibility index (Phi) is 4.94. The molecule has 2 aromatic heterocycles. The average molecular weight is 478 g/mol. The molecule has 0 saturated heterocycles. The maximum atomic E-state index is 13.0. The molecule has 28 heavy (non-hydrogen) atoms. The number of hydrogen-bond donors (Lipinski definition) is 1. The normalized spacial score (nSPS) is 11.8. The van der Waals surface area contributed by atoms with E-state index in [1.165, 1.54) is 6.07 Å². The van der Waals surface area contributed by atoms with Crippen molar-refractivity contribution in [3.8, 4) is 0 Å². The van der Waals surface area contributed by atoms with Gasteiger partial charge in [0.2, 0.25) is 0 Å². The van der Waals surface area contributed by atoms with Gasteiger partial charge in [-0.2, -0.15) is 13.8 Å². The van der Waals surface area contributed by atoms with Crippen LogP contribution >= 0.6 is 27.7 Å². The van der Waals surface area contributed by atoms with Crippen LogP contribution in [-0.2, 0) is 16.6 Å². The second kappa shape index (κ2) is 7.26. The summed E-state index contributed by atoms with van der Waals surface area (Å²) in [4.78, 5) is 0.109. The van der Waals surface area contributed by atoms with E-state index in [1.807, 2.05) is 31.2 Å². The number of rotatable bonds is 5. The highest BCUT2D eigenvalue weighted by Gasteiger charge is 2.23. The van der Waals surface area contributed by atoms with Gasteiger partial charge in [0.15, 0.2) is 0 Å². The van der Waals surface area contributed by atoms with Gasteiger partial charge >= 0.3 is 0 Å². The van der Waals surface area contributed by atoms with Crippen LogP contribution in [-0.4, -0.2) is 26.9 Å². The molecule has 0 saturated carbocycles. The molecule has 4 rings (SSSR count). The van der Waals surface area contributed by atoms with Gasteiger partial charge in [0.05, 0.1) is 35.3 Å². The lowest BCUT2D eigenvalue weighted by atomic mass is 10.2. The number of nitrogens with one attached hydrogen (secondary N) is 1. The zero-order chi connectivity index (χ0) is 19.9. The number of anilines is 1. The third-order valence-electron chi connectivity index (χ3n) is 4.40. The number of sulfonamides is 1. The highest BCUT2D eigenvalue weighted by atomic mass is 79.9. The lowest BCUT2D eigenvalue weighted by molar-refractivity contribution is 0.602. The summed E-state index contributed by atoms with van der Waals surface area (Å²) in [6.07, 6.45) is 0. The van der Waals surface area contributed by atoms with Crippen LogP contribution in [0.3, 0.4) is 0 Å². The van der Waals surface area contributed by atoms with Gasteiger partial charge in [-0.25, -0.2) is 8.42 Å². The molecule has 0 fully saturated rings. The van der Waals surface area contributed by atoms with E-state index in [9.17, 15) is 8.42 Å². The van der Waals surface area contributed by atoms with Crippen molar-refractivity contribution in [1.82, 2.24) is 18.5 Å². The second-order valence-corrected chi connectivity index (χ2v) is 9.42. The van der Waals surface area contributed by atoms with Crippen molar-refractivity contribution in [2.75, 3.05) is 4.72 Å². The smallest absolute Gasteiger partial charge is 0.264 e. The van der Waals surface area contributed by atoms with E-state index in [2.05, 4.69) is 34.5 Å². The molecule has 1 N–H and O–H groups in total. The van der Waals surface area contributed by atoms with Crippen molar-refractivity contribution in [2.45, 2.75) is 25.3 Å². The topological polar surface area (TPSA) is 89.8 Å². The molecular formula is C18H16BrN5O2S2. The van der Waals surface area contributed by atoms with E-state index in [1.54, 1.807) is 23.7 Å². The SMILES string of the molecule is Cc1nn(Cc2ccc(Br)cc2)c(C)c1NS(=O)(=O)c1cccc2nsnc12. The molecule has 0 aliphatic carbocycles. The Bertz CT molecular complexity index is 1260. The average Bonchev–Trinajstić information content (AvgIpc) is 3.24. The summed E-state index contributed by atoms with van der Waals surface area (Å²) in [6.45, 7) is 4.18. The summed E-state index contributed by atoms with van der Waals surface area (Å²) in [5.74, 6) is 0. The number of benzene rings is 2. The van der Waals surface area contributed by atoms with Crippen LogP contribution in [0.15, 0.2) is 51.8 Å². The fraction of sp³-hybridized carbons (Fsp3) is 0.167. The molecule has 0 atom stereocenters. The first-order valence-electron chi connectivity index (χ1n) is 8.38. The zero-order valence-corrected chi connectivity index (χ0v) is 18.3. The summed E-state index contributed by atoms with van der Waals surface area (Å²) in [5.41, 5.74) is 3.85. The van der Waals surface area contributed by atoms with Gasteiger partial charge < -0.3 is 0 Å².